The monoisotopic (exact) mass is 559 g/mol. The molecule has 2 heterocycles. The molecule has 10 heteroatoms. The molecule has 0 aliphatic carbocycles. The molecule has 5 rings (SSSR count). The lowest BCUT2D eigenvalue weighted by Gasteiger charge is -2.34. The van der Waals surface area contributed by atoms with E-state index in [0.29, 0.717) is 46.5 Å². The maximum Gasteiger partial charge on any atom is 0.299 e. The largest absolute Gasteiger partial charge is 0.497 e. The van der Waals surface area contributed by atoms with Gasteiger partial charge in [0.15, 0.2) is 11.4 Å². The molecule has 0 saturated carbocycles. The minimum atomic E-state index is -0.415. The Hall–Kier alpha value is -4.34. The highest BCUT2D eigenvalue weighted by Crippen LogP contribution is 2.30. The van der Waals surface area contributed by atoms with Crippen LogP contribution in [-0.2, 0) is 0 Å². The van der Waals surface area contributed by atoms with Gasteiger partial charge in [-0.15, -0.1) is 0 Å². The van der Waals surface area contributed by atoms with Crippen LogP contribution in [0, 0.1) is 0 Å². The number of rotatable bonds is 8. The van der Waals surface area contributed by atoms with Gasteiger partial charge in [0.05, 0.1) is 19.0 Å². The van der Waals surface area contributed by atoms with Crippen LogP contribution in [0.15, 0.2) is 83.8 Å². The molecule has 1 aliphatic heterocycles. The van der Waals surface area contributed by atoms with E-state index in [1.807, 2.05) is 4.90 Å². The zero-order chi connectivity index (χ0) is 28.1. The van der Waals surface area contributed by atoms with Crippen LogP contribution in [0.1, 0.15) is 17.3 Å². The van der Waals surface area contributed by atoms with Gasteiger partial charge in [0.25, 0.3) is 11.5 Å². The molecule has 3 aromatic carbocycles. The molecule has 1 aromatic heterocycles. The number of halogens is 1. The minimum absolute atomic E-state index is 0.000152. The molecular weight excluding hydrogens is 530 g/mol. The predicted octanol–water partition coefficient (Wildman–Crippen LogP) is 5.21. The molecule has 0 radical (unpaired) electrons. The average molecular weight is 560 g/mol. The van der Waals surface area contributed by atoms with Crippen molar-refractivity contribution in [1.29, 1.82) is 0 Å². The van der Waals surface area contributed by atoms with Crippen LogP contribution in [0.4, 0.5) is 11.4 Å². The Balaban J connectivity index is 1.42. The van der Waals surface area contributed by atoms with Crippen molar-refractivity contribution >= 4 is 28.9 Å². The molecule has 206 valence electrons. The number of likely N-dealkylation sites (N-methyl/N-ethyl adjacent to an activating group) is 1. The highest BCUT2D eigenvalue weighted by Gasteiger charge is 2.21. The maximum absolute atomic E-state index is 13.6. The van der Waals surface area contributed by atoms with E-state index in [2.05, 4.69) is 22.2 Å². The number of amides is 1. The molecule has 0 spiro atoms. The fraction of sp³-hybridized carbons (Fsp3) is 0.233. The fourth-order valence-electron chi connectivity index (χ4n) is 4.46. The standard InChI is InChI=1S/C30H30ClN5O4/c1-3-34-16-18-35(19-17-34)29(37)21-4-8-23(9-5-21)33-28-27(40-26-14-12-25(39-2)13-15-26)20-32-36(30(28)38)24-10-6-22(31)7-11-24/h4-15,20,33H,3,16-19H2,1-2H3. The smallest absolute Gasteiger partial charge is 0.299 e. The van der Waals surface area contributed by atoms with E-state index in [4.69, 9.17) is 21.1 Å². The zero-order valence-electron chi connectivity index (χ0n) is 22.3. The Morgan fingerprint density at radius 1 is 0.925 bits per heavy atom. The van der Waals surface area contributed by atoms with Crippen molar-refractivity contribution in [2.75, 3.05) is 45.2 Å². The number of hydrogen-bond acceptors (Lipinski definition) is 7. The van der Waals surface area contributed by atoms with Crippen molar-refractivity contribution in [3.8, 4) is 22.9 Å². The first kappa shape index (κ1) is 27.2. The second-order valence-corrected chi connectivity index (χ2v) is 9.72. The second kappa shape index (κ2) is 12.2. The van der Waals surface area contributed by atoms with Crippen molar-refractivity contribution in [2.24, 2.45) is 0 Å². The lowest BCUT2D eigenvalue weighted by atomic mass is 10.1. The molecule has 40 heavy (non-hydrogen) atoms. The average Bonchev–Trinajstić information content (AvgIpc) is 3.00. The summed E-state index contributed by atoms with van der Waals surface area (Å²) in [4.78, 5) is 30.9. The number of carbonyl (C=O) groups is 1. The van der Waals surface area contributed by atoms with Gasteiger partial charge in [0.2, 0.25) is 0 Å². The van der Waals surface area contributed by atoms with Crippen molar-refractivity contribution in [1.82, 2.24) is 19.6 Å². The highest BCUT2D eigenvalue weighted by molar-refractivity contribution is 6.30. The fourth-order valence-corrected chi connectivity index (χ4v) is 4.58. The van der Waals surface area contributed by atoms with Crippen molar-refractivity contribution < 1.29 is 14.3 Å². The molecule has 1 N–H and O–H groups in total. The Labute approximate surface area is 237 Å². The van der Waals surface area contributed by atoms with Crippen LogP contribution in [0.5, 0.6) is 17.2 Å². The number of carbonyl (C=O) groups excluding carboxylic acids is 1. The molecule has 1 aliphatic rings. The first-order chi connectivity index (χ1) is 19.4. The van der Waals surface area contributed by atoms with Crippen LogP contribution >= 0.6 is 11.6 Å². The van der Waals surface area contributed by atoms with E-state index >= 15 is 0 Å². The molecule has 1 fully saturated rings. The first-order valence-electron chi connectivity index (χ1n) is 13.0. The van der Waals surface area contributed by atoms with Crippen LogP contribution < -0.4 is 20.3 Å². The summed E-state index contributed by atoms with van der Waals surface area (Å²) in [5.74, 6) is 1.44. The van der Waals surface area contributed by atoms with Crippen LogP contribution in [0.3, 0.4) is 0 Å². The van der Waals surface area contributed by atoms with Gasteiger partial charge in [-0.25, -0.2) is 0 Å². The van der Waals surface area contributed by atoms with Gasteiger partial charge >= 0.3 is 0 Å². The number of hydrogen-bond donors (Lipinski definition) is 1. The minimum Gasteiger partial charge on any atom is -0.497 e. The van der Waals surface area contributed by atoms with E-state index in [-0.39, 0.29) is 17.3 Å². The number of piperazine rings is 1. The summed E-state index contributed by atoms with van der Waals surface area (Å²) in [6.07, 6.45) is 1.48. The number of nitrogens with one attached hydrogen (secondary N) is 1. The predicted molar refractivity (Wildman–Crippen MR) is 156 cm³/mol. The van der Waals surface area contributed by atoms with Crippen LogP contribution in [0.25, 0.3) is 5.69 Å². The highest BCUT2D eigenvalue weighted by atomic mass is 35.5. The summed E-state index contributed by atoms with van der Waals surface area (Å²) >= 11 is 6.03. The summed E-state index contributed by atoms with van der Waals surface area (Å²) in [6.45, 7) is 6.28. The third kappa shape index (κ3) is 6.11. The maximum atomic E-state index is 13.6. The third-order valence-corrected chi connectivity index (χ3v) is 7.06. The van der Waals surface area contributed by atoms with Crippen LogP contribution in [0.2, 0.25) is 5.02 Å². The summed E-state index contributed by atoms with van der Waals surface area (Å²) < 4.78 is 12.5. The third-order valence-electron chi connectivity index (χ3n) is 6.81. The van der Waals surface area contributed by atoms with E-state index in [9.17, 15) is 9.59 Å². The van der Waals surface area contributed by atoms with E-state index in [0.717, 1.165) is 19.6 Å². The molecule has 4 aromatic rings. The van der Waals surface area contributed by atoms with Gasteiger partial charge in [0.1, 0.15) is 11.5 Å². The van der Waals surface area contributed by atoms with Gasteiger partial charge in [0, 0.05) is 42.5 Å². The van der Waals surface area contributed by atoms with Gasteiger partial charge in [-0.2, -0.15) is 9.78 Å². The molecule has 0 unspecified atom stereocenters. The van der Waals surface area contributed by atoms with Gasteiger partial charge in [-0.3, -0.25) is 9.59 Å². The number of aromatic nitrogens is 2. The molecule has 1 amide bonds. The van der Waals surface area contributed by atoms with Gasteiger partial charge < -0.3 is 24.6 Å². The Kier molecular flexibility index (Phi) is 8.33. The summed E-state index contributed by atoms with van der Waals surface area (Å²) in [5.41, 5.74) is 1.55. The van der Waals surface area contributed by atoms with Gasteiger partial charge in [-0.05, 0) is 79.3 Å². The molecule has 1 saturated heterocycles. The topological polar surface area (TPSA) is 88.9 Å². The normalized spacial score (nSPS) is 13.6. The van der Waals surface area contributed by atoms with E-state index in [1.165, 1.54) is 10.9 Å². The summed E-state index contributed by atoms with van der Waals surface area (Å²) in [7, 11) is 1.59. The molecular formula is C30H30ClN5O4. The summed E-state index contributed by atoms with van der Waals surface area (Å²) in [6, 6.07) is 20.9. The van der Waals surface area contributed by atoms with Crippen molar-refractivity contribution in [2.45, 2.75) is 6.92 Å². The Morgan fingerprint density at radius 2 is 1.57 bits per heavy atom. The van der Waals surface area contributed by atoms with Gasteiger partial charge in [-0.1, -0.05) is 18.5 Å². The summed E-state index contributed by atoms with van der Waals surface area (Å²) in [5, 5.41) is 8.06. The van der Waals surface area contributed by atoms with Crippen molar-refractivity contribution in [3.63, 3.8) is 0 Å². The lowest BCUT2D eigenvalue weighted by molar-refractivity contribution is 0.0643. The zero-order valence-corrected chi connectivity index (χ0v) is 23.1. The number of nitrogens with zero attached hydrogens (tertiary/aromatic N) is 4. The lowest BCUT2D eigenvalue weighted by Crippen LogP contribution is -2.48. The second-order valence-electron chi connectivity index (χ2n) is 9.28. The number of benzene rings is 3. The molecule has 9 nitrogen and oxygen atoms in total. The SMILES string of the molecule is CCN1CCN(C(=O)c2ccc(Nc3c(Oc4ccc(OC)cc4)cnn(-c4ccc(Cl)cc4)c3=O)cc2)CC1. The van der Waals surface area contributed by atoms with Crippen molar-refractivity contribution in [3.05, 3.63) is 99.9 Å². The quantitative estimate of drug-likeness (QED) is 0.317. The van der Waals surface area contributed by atoms with Crippen LogP contribution in [-0.4, -0.2) is 65.3 Å². The van der Waals surface area contributed by atoms with E-state index in [1.54, 1.807) is 79.9 Å². The first-order valence-corrected chi connectivity index (χ1v) is 13.4. The Morgan fingerprint density at radius 3 is 2.20 bits per heavy atom. The number of ether oxygens (including phenoxy) is 2. The number of anilines is 2. The molecule has 0 bridgehead atoms. The Bertz CT molecular complexity index is 1510. The van der Waals surface area contributed by atoms with E-state index < -0.39 is 5.56 Å². The molecule has 0 atom stereocenters. The number of methoxy groups -OCH3 is 1.